The molecule has 1 rings (SSSR count). The Morgan fingerprint density at radius 2 is 2.50 bits per heavy atom. The SMILES string of the molecule is CN1CCCC1C(=O)NCCN. The highest BCUT2D eigenvalue weighted by molar-refractivity contribution is 5.81. The van der Waals surface area contributed by atoms with Gasteiger partial charge in [-0.3, -0.25) is 9.69 Å². The lowest BCUT2D eigenvalue weighted by Crippen LogP contribution is -2.42. The molecule has 4 nitrogen and oxygen atoms in total. The Labute approximate surface area is 73.1 Å². The monoisotopic (exact) mass is 171 g/mol. The first-order chi connectivity index (χ1) is 5.75. The highest BCUT2D eigenvalue weighted by Gasteiger charge is 2.26. The quantitative estimate of drug-likeness (QED) is 0.582. The summed E-state index contributed by atoms with van der Waals surface area (Å²) in [6, 6.07) is 0.0801. The van der Waals surface area contributed by atoms with Gasteiger partial charge in [0.2, 0.25) is 5.91 Å². The zero-order chi connectivity index (χ0) is 8.97. The van der Waals surface area contributed by atoms with Crippen LogP contribution >= 0.6 is 0 Å². The van der Waals surface area contributed by atoms with Gasteiger partial charge in [0.05, 0.1) is 6.04 Å². The Kier molecular flexibility index (Phi) is 3.49. The van der Waals surface area contributed by atoms with Crippen molar-refractivity contribution in [2.45, 2.75) is 18.9 Å². The molecule has 0 spiro atoms. The topological polar surface area (TPSA) is 58.4 Å². The molecule has 4 heteroatoms. The molecule has 0 aromatic rings. The molecule has 0 radical (unpaired) electrons. The molecule has 0 aromatic carbocycles. The van der Waals surface area contributed by atoms with Gasteiger partial charge in [-0.05, 0) is 26.4 Å². The van der Waals surface area contributed by atoms with Crippen molar-refractivity contribution in [1.82, 2.24) is 10.2 Å². The smallest absolute Gasteiger partial charge is 0.237 e. The first-order valence-corrected chi connectivity index (χ1v) is 4.43. The van der Waals surface area contributed by atoms with Gasteiger partial charge in [-0.1, -0.05) is 0 Å². The van der Waals surface area contributed by atoms with Crippen molar-refractivity contribution in [1.29, 1.82) is 0 Å². The molecule has 0 saturated carbocycles. The van der Waals surface area contributed by atoms with Gasteiger partial charge < -0.3 is 11.1 Å². The van der Waals surface area contributed by atoms with Crippen LogP contribution in [0.4, 0.5) is 0 Å². The van der Waals surface area contributed by atoms with Crippen molar-refractivity contribution in [3.63, 3.8) is 0 Å². The molecule has 70 valence electrons. The Morgan fingerprint density at radius 3 is 3.00 bits per heavy atom. The van der Waals surface area contributed by atoms with E-state index in [4.69, 9.17) is 5.73 Å². The van der Waals surface area contributed by atoms with Gasteiger partial charge in [0.1, 0.15) is 0 Å². The third-order valence-electron chi connectivity index (χ3n) is 2.27. The molecule has 12 heavy (non-hydrogen) atoms. The molecule has 0 bridgehead atoms. The second kappa shape index (κ2) is 4.42. The van der Waals surface area contributed by atoms with Gasteiger partial charge in [0, 0.05) is 13.1 Å². The molecule has 1 unspecified atom stereocenters. The number of hydrogen-bond acceptors (Lipinski definition) is 3. The van der Waals surface area contributed by atoms with Crippen LogP contribution < -0.4 is 11.1 Å². The summed E-state index contributed by atoms with van der Waals surface area (Å²) in [4.78, 5) is 13.5. The number of carbonyl (C=O) groups is 1. The largest absolute Gasteiger partial charge is 0.353 e. The molecule has 0 aromatic heterocycles. The van der Waals surface area contributed by atoms with Crippen molar-refractivity contribution in [2.24, 2.45) is 5.73 Å². The molecule has 1 heterocycles. The molecule has 1 amide bonds. The van der Waals surface area contributed by atoms with Gasteiger partial charge in [-0.2, -0.15) is 0 Å². The maximum Gasteiger partial charge on any atom is 0.237 e. The summed E-state index contributed by atoms with van der Waals surface area (Å²) >= 11 is 0. The minimum atomic E-state index is 0.0801. The zero-order valence-electron chi connectivity index (χ0n) is 7.55. The standard InChI is InChI=1S/C8H17N3O/c1-11-6-2-3-7(11)8(12)10-5-4-9/h7H,2-6,9H2,1H3,(H,10,12). The maximum atomic E-state index is 11.4. The number of nitrogens with one attached hydrogen (secondary N) is 1. The summed E-state index contributed by atoms with van der Waals surface area (Å²) in [6.07, 6.45) is 2.10. The normalized spacial score (nSPS) is 24.3. The lowest BCUT2D eigenvalue weighted by atomic mass is 10.2. The summed E-state index contributed by atoms with van der Waals surface area (Å²) in [6.45, 7) is 2.13. The van der Waals surface area contributed by atoms with Crippen LogP contribution in [0, 0.1) is 0 Å². The summed E-state index contributed by atoms with van der Waals surface area (Å²) in [5.41, 5.74) is 5.28. The van der Waals surface area contributed by atoms with Crippen LogP contribution in [0.3, 0.4) is 0 Å². The van der Waals surface area contributed by atoms with Crippen molar-refractivity contribution in [3.05, 3.63) is 0 Å². The second-order valence-electron chi connectivity index (χ2n) is 3.22. The van der Waals surface area contributed by atoms with E-state index >= 15 is 0 Å². The number of amides is 1. The predicted octanol–water partition coefficient (Wildman–Crippen LogP) is -0.844. The van der Waals surface area contributed by atoms with E-state index in [-0.39, 0.29) is 11.9 Å². The number of hydrogen-bond donors (Lipinski definition) is 2. The van der Waals surface area contributed by atoms with Crippen molar-refractivity contribution >= 4 is 5.91 Å². The highest BCUT2D eigenvalue weighted by Crippen LogP contribution is 2.14. The Morgan fingerprint density at radius 1 is 1.75 bits per heavy atom. The Balaban J connectivity index is 2.30. The van der Waals surface area contributed by atoms with Crippen molar-refractivity contribution < 1.29 is 4.79 Å². The van der Waals surface area contributed by atoms with E-state index in [0.29, 0.717) is 13.1 Å². The summed E-state index contributed by atoms with van der Waals surface area (Å²) in [5.74, 6) is 0.125. The average Bonchev–Trinajstić information content (AvgIpc) is 2.47. The van der Waals surface area contributed by atoms with Crippen LogP contribution in [0.1, 0.15) is 12.8 Å². The van der Waals surface area contributed by atoms with Gasteiger partial charge in [-0.15, -0.1) is 0 Å². The lowest BCUT2D eigenvalue weighted by Gasteiger charge is -2.18. The van der Waals surface area contributed by atoms with Gasteiger partial charge in [0.15, 0.2) is 0 Å². The van der Waals surface area contributed by atoms with Crippen LogP contribution in [0.5, 0.6) is 0 Å². The number of carbonyl (C=O) groups excluding carboxylic acids is 1. The third-order valence-corrected chi connectivity index (χ3v) is 2.27. The minimum Gasteiger partial charge on any atom is -0.353 e. The average molecular weight is 171 g/mol. The summed E-state index contributed by atoms with van der Waals surface area (Å²) in [7, 11) is 1.99. The molecule has 1 saturated heterocycles. The lowest BCUT2D eigenvalue weighted by molar-refractivity contribution is -0.124. The summed E-state index contributed by atoms with van der Waals surface area (Å²) in [5, 5.41) is 2.80. The molecule has 1 aliphatic rings. The Hall–Kier alpha value is -0.610. The molecular formula is C8H17N3O. The number of nitrogens with two attached hydrogens (primary N) is 1. The fourth-order valence-corrected chi connectivity index (χ4v) is 1.55. The van der Waals surface area contributed by atoms with E-state index in [0.717, 1.165) is 19.4 Å². The summed E-state index contributed by atoms with van der Waals surface area (Å²) < 4.78 is 0. The first-order valence-electron chi connectivity index (χ1n) is 4.43. The van der Waals surface area contributed by atoms with E-state index in [9.17, 15) is 4.79 Å². The predicted molar refractivity (Wildman–Crippen MR) is 47.7 cm³/mol. The molecule has 3 N–H and O–H groups in total. The molecule has 0 aliphatic carbocycles. The molecule has 1 fully saturated rings. The molecule has 1 aliphatic heterocycles. The van der Waals surface area contributed by atoms with Crippen LogP contribution in [0.2, 0.25) is 0 Å². The highest BCUT2D eigenvalue weighted by atomic mass is 16.2. The maximum absolute atomic E-state index is 11.4. The first kappa shape index (κ1) is 9.48. The Bertz CT molecular complexity index is 160. The van der Waals surface area contributed by atoms with E-state index in [1.165, 1.54) is 0 Å². The third kappa shape index (κ3) is 2.19. The number of likely N-dealkylation sites (N-methyl/N-ethyl adjacent to an activating group) is 1. The fourth-order valence-electron chi connectivity index (χ4n) is 1.55. The van der Waals surface area contributed by atoms with Gasteiger partial charge in [0.25, 0.3) is 0 Å². The van der Waals surface area contributed by atoms with Crippen molar-refractivity contribution in [3.8, 4) is 0 Å². The molecule has 1 atom stereocenters. The van der Waals surface area contributed by atoms with Crippen LogP contribution in [0.25, 0.3) is 0 Å². The van der Waals surface area contributed by atoms with Gasteiger partial charge in [-0.25, -0.2) is 0 Å². The van der Waals surface area contributed by atoms with Crippen LogP contribution in [0.15, 0.2) is 0 Å². The van der Waals surface area contributed by atoms with E-state index in [1.54, 1.807) is 0 Å². The second-order valence-corrected chi connectivity index (χ2v) is 3.22. The number of rotatable bonds is 3. The van der Waals surface area contributed by atoms with E-state index in [2.05, 4.69) is 10.2 Å². The number of likely N-dealkylation sites (tertiary alicyclic amines) is 1. The minimum absolute atomic E-state index is 0.0801. The number of nitrogens with zero attached hydrogens (tertiary/aromatic N) is 1. The molecular weight excluding hydrogens is 154 g/mol. The van der Waals surface area contributed by atoms with Crippen LogP contribution in [-0.4, -0.2) is 43.5 Å². The van der Waals surface area contributed by atoms with Crippen LogP contribution in [-0.2, 0) is 4.79 Å². The zero-order valence-corrected chi connectivity index (χ0v) is 7.55. The van der Waals surface area contributed by atoms with E-state index in [1.807, 2.05) is 7.05 Å². The van der Waals surface area contributed by atoms with Gasteiger partial charge >= 0.3 is 0 Å². The fraction of sp³-hybridized carbons (Fsp3) is 0.875. The van der Waals surface area contributed by atoms with Crippen molar-refractivity contribution in [2.75, 3.05) is 26.7 Å². The van der Waals surface area contributed by atoms with E-state index < -0.39 is 0 Å².